The molecule has 8 heteroatoms. The van der Waals surface area contributed by atoms with Gasteiger partial charge in [-0.2, -0.15) is 8.78 Å². The molecule has 3 rings (SSSR count). The highest BCUT2D eigenvalue weighted by Crippen LogP contribution is 2.30. The fourth-order valence-electron chi connectivity index (χ4n) is 3.38. The number of ether oxygens (including phenoxy) is 3. The Hall–Kier alpha value is -2.87. The zero-order chi connectivity index (χ0) is 21.5. The molecule has 1 heterocycles. The zero-order valence-electron chi connectivity index (χ0n) is 17.1. The average Bonchev–Trinajstić information content (AvgIpc) is 2.75. The minimum Gasteiger partial charge on any atom is -0.497 e. The van der Waals surface area contributed by atoms with Crippen LogP contribution in [0.3, 0.4) is 0 Å². The van der Waals surface area contributed by atoms with Gasteiger partial charge in [-0.3, -0.25) is 9.69 Å². The Balaban J connectivity index is 1.59. The van der Waals surface area contributed by atoms with Crippen LogP contribution in [0.25, 0.3) is 0 Å². The third kappa shape index (κ3) is 5.60. The predicted molar refractivity (Wildman–Crippen MR) is 108 cm³/mol. The van der Waals surface area contributed by atoms with E-state index in [1.54, 1.807) is 18.9 Å². The van der Waals surface area contributed by atoms with Gasteiger partial charge in [0.05, 0.1) is 13.7 Å². The van der Waals surface area contributed by atoms with Gasteiger partial charge in [-0.1, -0.05) is 12.1 Å². The first-order chi connectivity index (χ1) is 14.5. The lowest BCUT2D eigenvalue weighted by Gasteiger charge is -2.35. The smallest absolute Gasteiger partial charge is 0.387 e. The van der Waals surface area contributed by atoms with E-state index in [0.717, 1.165) is 25.4 Å². The Labute approximate surface area is 174 Å². The molecule has 1 saturated heterocycles. The number of methoxy groups -OCH3 is 1. The summed E-state index contributed by atoms with van der Waals surface area (Å²) in [4.78, 5) is 16.9. The van der Waals surface area contributed by atoms with Crippen molar-refractivity contribution >= 4 is 5.91 Å². The van der Waals surface area contributed by atoms with Gasteiger partial charge >= 0.3 is 6.61 Å². The van der Waals surface area contributed by atoms with Gasteiger partial charge in [-0.05, 0) is 42.8 Å². The molecule has 1 fully saturated rings. The second-order valence-electron chi connectivity index (χ2n) is 6.89. The van der Waals surface area contributed by atoms with Crippen LogP contribution in [-0.2, 0) is 6.54 Å². The molecule has 162 valence electrons. The minimum atomic E-state index is -2.95. The predicted octanol–water partition coefficient (Wildman–Crippen LogP) is 3.65. The van der Waals surface area contributed by atoms with Crippen LogP contribution in [0.4, 0.5) is 8.78 Å². The summed E-state index contributed by atoms with van der Waals surface area (Å²) in [5.74, 6) is 0.740. The Kier molecular flexibility index (Phi) is 7.46. The molecule has 2 aromatic carbocycles. The normalized spacial score (nSPS) is 14.6. The molecule has 0 aromatic heterocycles. The monoisotopic (exact) mass is 420 g/mol. The number of rotatable bonds is 8. The van der Waals surface area contributed by atoms with Crippen LogP contribution in [0.1, 0.15) is 22.8 Å². The number of benzene rings is 2. The number of hydrogen-bond acceptors (Lipinski definition) is 5. The minimum absolute atomic E-state index is 0.0762. The van der Waals surface area contributed by atoms with E-state index in [-0.39, 0.29) is 24.0 Å². The number of carbonyl (C=O) groups is 1. The highest BCUT2D eigenvalue weighted by Gasteiger charge is 2.23. The number of alkyl halides is 2. The first kappa shape index (κ1) is 21.8. The highest BCUT2D eigenvalue weighted by molar-refractivity contribution is 5.95. The average molecular weight is 420 g/mol. The van der Waals surface area contributed by atoms with Gasteiger partial charge in [0.25, 0.3) is 5.91 Å². The number of halogens is 2. The maximum atomic E-state index is 12.9. The van der Waals surface area contributed by atoms with E-state index >= 15 is 0 Å². The summed E-state index contributed by atoms with van der Waals surface area (Å²) in [7, 11) is 1.64. The van der Waals surface area contributed by atoms with Crippen LogP contribution in [0.5, 0.6) is 17.2 Å². The van der Waals surface area contributed by atoms with Crippen LogP contribution >= 0.6 is 0 Å². The molecule has 0 saturated carbocycles. The molecule has 30 heavy (non-hydrogen) atoms. The molecule has 1 aliphatic rings. The van der Waals surface area contributed by atoms with Crippen molar-refractivity contribution in [2.24, 2.45) is 0 Å². The maximum Gasteiger partial charge on any atom is 0.387 e. The van der Waals surface area contributed by atoms with E-state index in [1.165, 1.54) is 23.8 Å². The molecule has 0 N–H and O–H groups in total. The largest absolute Gasteiger partial charge is 0.497 e. The van der Waals surface area contributed by atoms with Crippen LogP contribution < -0.4 is 14.2 Å². The van der Waals surface area contributed by atoms with Crippen molar-refractivity contribution in [3.8, 4) is 17.2 Å². The third-order valence-corrected chi connectivity index (χ3v) is 4.93. The van der Waals surface area contributed by atoms with Gasteiger partial charge in [0.1, 0.15) is 5.75 Å². The number of hydrogen-bond donors (Lipinski definition) is 0. The zero-order valence-corrected chi connectivity index (χ0v) is 17.1. The Morgan fingerprint density at radius 2 is 1.73 bits per heavy atom. The first-order valence-corrected chi connectivity index (χ1v) is 9.86. The summed E-state index contributed by atoms with van der Waals surface area (Å²) in [6.07, 6.45) is 0. The fraction of sp³-hybridized carbons (Fsp3) is 0.409. The summed E-state index contributed by atoms with van der Waals surface area (Å²) in [6, 6.07) is 12.3. The Bertz CT molecular complexity index is 838. The van der Waals surface area contributed by atoms with E-state index in [1.807, 2.05) is 24.3 Å². The molecule has 2 aromatic rings. The van der Waals surface area contributed by atoms with Gasteiger partial charge in [-0.15, -0.1) is 0 Å². The Morgan fingerprint density at radius 1 is 1.03 bits per heavy atom. The molecule has 0 aliphatic carbocycles. The number of amides is 1. The third-order valence-electron chi connectivity index (χ3n) is 4.93. The van der Waals surface area contributed by atoms with Gasteiger partial charge in [0.15, 0.2) is 11.5 Å². The maximum absolute atomic E-state index is 12.9. The molecule has 1 amide bonds. The molecular formula is C22H26F2N2O4. The molecule has 0 atom stereocenters. The quantitative estimate of drug-likeness (QED) is 0.653. The van der Waals surface area contributed by atoms with E-state index in [0.29, 0.717) is 18.7 Å². The molecule has 0 unspecified atom stereocenters. The van der Waals surface area contributed by atoms with E-state index < -0.39 is 6.61 Å². The van der Waals surface area contributed by atoms with Crippen molar-refractivity contribution in [2.45, 2.75) is 20.1 Å². The first-order valence-electron chi connectivity index (χ1n) is 9.86. The van der Waals surface area contributed by atoms with Crippen LogP contribution in [0, 0.1) is 0 Å². The van der Waals surface area contributed by atoms with Crippen molar-refractivity contribution in [1.29, 1.82) is 0 Å². The SMILES string of the molecule is CCOc1cc(C(=O)N2CCN(Cc3ccc(OC)cc3)CC2)ccc1OC(F)F. The van der Waals surface area contributed by atoms with Gasteiger partial charge in [0, 0.05) is 38.3 Å². The molecule has 0 spiro atoms. The summed E-state index contributed by atoms with van der Waals surface area (Å²) < 4.78 is 40.1. The summed E-state index contributed by atoms with van der Waals surface area (Å²) in [6.45, 7) is 2.56. The standard InChI is InChI=1S/C22H26F2N2O4/c1-3-29-20-14-17(6-9-19(20)30-22(23)24)21(27)26-12-10-25(11-13-26)15-16-4-7-18(28-2)8-5-16/h4-9,14,22H,3,10-13,15H2,1-2H3. The van der Waals surface area contributed by atoms with E-state index in [4.69, 9.17) is 9.47 Å². The van der Waals surface area contributed by atoms with Crippen molar-refractivity contribution in [2.75, 3.05) is 39.9 Å². The lowest BCUT2D eigenvalue weighted by molar-refractivity contribution is -0.0514. The topological polar surface area (TPSA) is 51.2 Å². The lowest BCUT2D eigenvalue weighted by Crippen LogP contribution is -2.48. The lowest BCUT2D eigenvalue weighted by atomic mass is 10.1. The van der Waals surface area contributed by atoms with Crippen LogP contribution in [-0.4, -0.2) is 62.2 Å². The second-order valence-corrected chi connectivity index (χ2v) is 6.89. The summed E-state index contributed by atoms with van der Waals surface area (Å²) in [5.41, 5.74) is 1.58. The molecular weight excluding hydrogens is 394 g/mol. The fourth-order valence-corrected chi connectivity index (χ4v) is 3.38. The van der Waals surface area contributed by atoms with Crippen molar-refractivity contribution < 1.29 is 27.8 Å². The summed E-state index contributed by atoms with van der Waals surface area (Å²) in [5, 5.41) is 0. The van der Waals surface area contributed by atoms with Gasteiger partial charge < -0.3 is 19.1 Å². The number of carbonyl (C=O) groups excluding carboxylic acids is 1. The van der Waals surface area contributed by atoms with Gasteiger partial charge in [0.2, 0.25) is 0 Å². The number of nitrogens with zero attached hydrogens (tertiary/aromatic N) is 2. The van der Waals surface area contributed by atoms with Gasteiger partial charge in [-0.25, -0.2) is 0 Å². The van der Waals surface area contributed by atoms with Crippen molar-refractivity contribution in [3.05, 3.63) is 53.6 Å². The van der Waals surface area contributed by atoms with E-state index in [9.17, 15) is 13.6 Å². The molecule has 1 aliphatic heterocycles. The molecule has 6 nitrogen and oxygen atoms in total. The van der Waals surface area contributed by atoms with E-state index in [2.05, 4.69) is 9.64 Å². The highest BCUT2D eigenvalue weighted by atomic mass is 19.3. The van der Waals surface area contributed by atoms with Crippen molar-refractivity contribution in [3.63, 3.8) is 0 Å². The van der Waals surface area contributed by atoms with Crippen LogP contribution in [0.2, 0.25) is 0 Å². The van der Waals surface area contributed by atoms with Crippen molar-refractivity contribution in [1.82, 2.24) is 9.80 Å². The van der Waals surface area contributed by atoms with Crippen LogP contribution in [0.15, 0.2) is 42.5 Å². The molecule has 0 radical (unpaired) electrons. The second kappa shape index (κ2) is 10.2. The molecule has 0 bridgehead atoms. The Morgan fingerprint density at radius 3 is 2.33 bits per heavy atom. The number of piperazine rings is 1. The summed E-state index contributed by atoms with van der Waals surface area (Å²) >= 11 is 0.